The van der Waals surface area contributed by atoms with Crippen LogP contribution in [-0.4, -0.2) is 37.3 Å². The normalized spacial score (nSPS) is 63.9. The van der Waals surface area contributed by atoms with E-state index in [-0.39, 0.29) is 24.5 Å². The van der Waals surface area contributed by atoms with Gasteiger partial charge in [0, 0.05) is 0 Å². The lowest BCUT2D eigenvalue weighted by Crippen LogP contribution is -2.36. The Labute approximate surface area is 57.5 Å². The molecule has 0 amide bonds. The van der Waals surface area contributed by atoms with E-state index in [0.29, 0.717) is 6.61 Å². The van der Waals surface area contributed by atoms with Crippen LogP contribution in [0.2, 0.25) is 0 Å². The summed E-state index contributed by atoms with van der Waals surface area (Å²) in [5, 5.41) is 2.99. The molecule has 0 aromatic carbocycles. The summed E-state index contributed by atoms with van der Waals surface area (Å²) < 4.78 is 23.4. The highest BCUT2D eigenvalue weighted by Gasteiger charge is 2.59. The number of hydrogen-bond donors (Lipinski definition) is 1. The van der Waals surface area contributed by atoms with Crippen LogP contribution in [0.25, 0.3) is 0 Å². The number of ether oxygens (including phenoxy) is 2. The van der Waals surface area contributed by atoms with Crippen molar-refractivity contribution in [2.24, 2.45) is 0 Å². The van der Waals surface area contributed by atoms with Crippen LogP contribution in [0.4, 0.5) is 4.39 Å². The van der Waals surface area contributed by atoms with E-state index in [9.17, 15) is 4.39 Å². The Kier molecular flexibility index (Phi) is 0.829. The maximum Gasteiger partial charge on any atom is 0.175 e. The predicted octanol–water partition coefficient (Wildman–Crippen LogP) is -0.580. The molecule has 3 rings (SSSR count). The van der Waals surface area contributed by atoms with E-state index in [4.69, 9.17) is 9.47 Å². The van der Waals surface area contributed by atoms with Crippen LogP contribution in [-0.2, 0) is 9.47 Å². The second-order valence-corrected chi connectivity index (χ2v) is 3.04. The van der Waals surface area contributed by atoms with Crippen molar-refractivity contribution in [3.63, 3.8) is 0 Å². The van der Waals surface area contributed by atoms with Crippen LogP contribution in [0.1, 0.15) is 0 Å². The molecule has 3 heterocycles. The molecule has 0 aromatic rings. The fourth-order valence-electron chi connectivity index (χ4n) is 1.73. The second kappa shape index (κ2) is 1.52. The summed E-state index contributed by atoms with van der Waals surface area (Å²) in [5.74, 6) is 0. The van der Waals surface area contributed by atoms with Crippen molar-refractivity contribution in [2.75, 3.05) is 6.61 Å². The quantitative estimate of drug-likeness (QED) is 0.463. The van der Waals surface area contributed by atoms with E-state index in [0.717, 1.165) is 0 Å². The van der Waals surface area contributed by atoms with E-state index in [1.165, 1.54) is 0 Å². The van der Waals surface area contributed by atoms with Crippen LogP contribution < -0.4 is 5.32 Å². The summed E-state index contributed by atoms with van der Waals surface area (Å²) in [4.78, 5) is 0. The topological polar surface area (TPSA) is 40.4 Å². The molecule has 3 saturated heterocycles. The fourth-order valence-corrected chi connectivity index (χ4v) is 1.73. The van der Waals surface area contributed by atoms with Crippen molar-refractivity contribution in [3.05, 3.63) is 0 Å². The number of hydrogen-bond acceptors (Lipinski definition) is 3. The molecule has 10 heavy (non-hydrogen) atoms. The standard InChI is InChI=1S/C6H8FNO2/c7-3-2-1-9-6(10-2)5-4(3)8-5/h2-6,8H,1H2/t2-,3+,4-,5-,6-/m1/s1. The van der Waals surface area contributed by atoms with Crippen molar-refractivity contribution in [1.82, 2.24) is 5.32 Å². The zero-order valence-electron chi connectivity index (χ0n) is 5.29. The van der Waals surface area contributed by atoms with E-state index in [2.05, 4.69) is 5.32 Å². The van der Waals surface area contributed by atoms with Gasteiger partial charge in [0.25, 0.3) is 0 Å². The fraction of sp³-hybridized carbons (Fsp3) is 1.00. The Hall–Kier alpha value is -0.190. The van der Waals surface area contributed by atoms with Gasteiger partial charge in [0.1, 0.15) is 12.3 Å². The molecule has 1 N–H and O–H groups in total. The zero-order chi connectivity index (χ0) is 6.72. The number of fused-ring (bicyclic) bond motifs is 4. The van der Waals surface area contributed by atoms with Gasteiger partial charge in [-0.25, -0.2) is 4.39 Å². The first-order valence-corrected chi connectivity index (χ1v) is 3.53. The third kappa shape index (κ3) is 0.504. The van der Waals surface area contributed by atoms with Gasteiger partial charge in [-0.05, 0) is 0 Å². The molecule has 0 aromatic heterocycles. The first-order chi connectivity index (χ1) is 4.86. The summed E-state index contributed by atoms with van der Waals surface area (Å²) in [6.45, 7) is 0.431. The van der Waals surface area contributed by atoms with Gasteiger partial charge >= 0.3 is 0 Å². The maximum atomic E-state index is 13.0. The minimum absolute atomic E-state index is 0.0197. The Morgan fingerprint density at radius 1 is 1.40 bits per heavy atom. The second-order valence-electron chi connectivity index (χ2n) is 3.04. The Balaban J connectivity index is 1.91. The molecule has 3 aliphatic heterocycles. The molecule has 5 atom stereocenters. The van der Waals surface area contributed by atoms with Gasteiger partial charge in [0.05, 0.1) is 18.7 Å². The molecular weight excluding hydrogens is 137 g/mol. The highest BCUT2D eigenvalue weighted by atomic mass is 19.1. The van der Waals surface area contributed by atoms with E-state index >= 15 is 0 Å². The summed E-state index contributed by atoms with van der Waals surface area (Å²) in [6, 6.07) is 0.153. The Morgan fingerprint density at radius 2 is 2.30 bits per heavy atom. The maximum absolute atomic E-state index is 13.0. The van der Waals surface area contributed by atoms with Crippen LogP contribution in [0.5, 0.6) is 0 Å². The van der Waals surface area contributed by atoms with Crippen molar-refractivity contribution in [2.45, 2.75) is 30.6 Å². The summed E-state index contributed by atoms with van der Waals surface area (Å²) in [7, 11) is 0. The molecule has 3 fully saturated rings. The molecule has 2 bridgehead atoms. The largest absolute Gasteiger partial charge is 0.348 e. The van der Waals surface area contributed by atoms with Gasteiger partial charge in [-0.1, -0.05) is 0 Å². The van der Waals surface area contributed by atoms with Crippen molar-refractivity contribution >= 4 is 0 Å². The van der Waals surface area contributed by atoms with Crippen molar-refractivity contribution < 1.29 is 13.9 Å². The third-order valence-electron chi connectivity index (χ3n) is 2.39. The smallest absolute Gasteiger partial charge is 0.175 e. The highest BCUT2D eigenvalue weighted by Crippen LogP contribution is 2.37. The summed E-state index contributed by atoms with van der Waals surface area (Å²) in [5.41, 5.74) is 0. The van der Waals surface area contributed by atoms with Crippen LogP contribution in [0.3, 0.4) is 0 Å². The number of nitrogens with one attached hydrogen (secondary N) is 1. The Morgan fingerprint density at radius 3 is 3.20 bits per heavy atom. The Bertz CT molecular complexity index is 175. The first-order valence-electron chi connectivity index (χ1n) is 3.53. The first kappa shape index (κ1) is 5.46. The SMILES string of the molecule is F[C@@H]1[C@H]2N[C@H]2[C@@H]2OC[C@H]1O2. The minimum Gasteiger partial charge on any atom is -0.348 e. The lowest BCUT2D eigenvalue weighted by atomic mass is 10.1. The average Bonchev–Trinajstić information content (AvgIpc) is 2.61. The van der Waals surface area contributed by atoms with E-state index in [1.807, 2.05) is 0 Å². The van der Waals surface area contributed by atoms with Crippen molar-refractivity contribution in [3.8, 4) is 0 Å². The van der Waals surface area contributed by atoms with Gasteiger partial charge in [-0.15, -0.1) is 0 Å². The molecule has 4 heteroatoms. The number of alkyl halides is 1. The molecule has 3 nitrogen and oxygen atoms in total. The third-order valence-corrected chi connectivity index (χ3v) is 2.39. The van der Waals surface area contributed by atoms with Crippen LogP contribution >= 0.6 is 0 Å². The molecule has 0 spiro atoms. The predicted molar refractivity (Wildman–Crippen MR) is 30.2 cm³/mol. The van der Waals surface area contributed by atoms with Gasteiger partial charge in [0.15, 0.2) is 6.29 Å². The van der Waals surface area contributed by atoms with Gasteiger partial charge in [-0.2, -0.15) is 0 Å². The molecule has 0 radical (unpaired) electrons. The van der Waals surface area contributed by atoms with Crippen LogP contribution in [0.15, 0.2) is 0 Å². The molecule has 0 saturated carbocycles. The van der Waals surface area contributed by atoms with Gasteiger partial charge in [-0.3, -0.25) is 0 Å². The monoisotopic (exact) mass is 145 g/mol. The molecule has 3 aliphatic rings. The van der Waals surface area contributed by atoms with Crippen LogP contribution in [0, 0.1) is 0 Å². The number of rotatable bonds is 0. The summed E-state index contributed by atoms with van der Waals surface area (Å²) in [6.07, 6.45) is -1.33. The van der Waals surface area contributed by atoms with Gasteiger partial charge < -0.3 is 14.8 Å². The lowest BCUT2D eigenvalue weighted by Gasteiger charge is -2.18. The molecule has 56 valence electrons. The minimum atomic E-state index is -0.858. The molecule has 0 unspecified atom stereocenters. The zero-order valence-corrected chi connectivity index (χ0v) is 5.29. The summed E-state index contributed by atoms with van der Waals surface area (Å²) >= 11 is 0. The molecular formula is C6H8FNO2. The highest BCUT2D eigenvalue weighted by molar-refractivity contribution is 5.12. The van der Waals surface area contributed by atoms with E-state index < -0.39 is 6.17 Å². The number of halogens is 1. The molecule has 0 aliphatic carbocycles. The van der Waals surface area contributed by atoms with Crippen molar-refractivity contribution in [1.29, 1.82) is 0 Å². The lowest BCUT2D eigenvalue weighted by molar-refractivity contribution is -0.0873. The van der Waals surface area contributed by atoms with Gasteiger partial charge in [0.2, 0.25) is 0 Å². The van der Waals surface area contributed by atoms with E-state index in [1.54, 1.807) is 0 Å². The average molecular weight is 145 g/mol.